The second kappa shape index (κ2) is 10.9. The SMILES string of the molecule is COc1ccc(Cl)cc1N(CC(=O)N/N=C\c1ccc(Cl)cc1Cl)S(=O)(=O)c1ccccc1. The first-order valence-electron chi connectivity index (χ1n) is 9.40. The highest BCUT2D eigenvalue weighted by molar-refractivity contribution is 7.92. The summed E-state index contributed by atoms with van der Waals surface area (Å²) in [4.78, 5) is 12.7. The van der Waals surface area contributed by atoms with Crippen LogP contribution in [0.15, 0.2) is 76.7 Å². The van der Waals surface area contributed by atoms with Crippen LogP contribution in [0.2, 0.25) is 15.1 Å². The summed E-state index contributed by atoms with van der Waals surface area (Å²) in [6.07, 6.45) is 1.33. The number of carbonyl (C=O) groups is 1. The molecule has 3 aromatic rings. The van der Waals surface area contributed by atoms with Gasteiger partial charge in [0.2, 0.25) is 0 Å². The average molecular weight is 527 g/mol. The van der Waals surface area contributed by atoms with Crippen molar-refractivity contribution in [3.05, 3.63) is 87.4 Å². The number of hydrogen-bond acceptors (Lipinski definition) is 5. The number of halogens is 3. The zero-order valence-electron chi connectivity index (χ0n) is 17.2. The van der Waals surface area contributed by atoms with Crippen molar-refractivity contribution < 1.29 is 17.9 Å². The van der Waals surface area contributed by atoms with Crippen molar-refractivity contribution in [1.29, 1.82) is 0 Å². The fourth-order valence-corrected chi connectivity index (χ4v) is 4.89. The number of anilines is 1. The van der Waals surface area contributed by atoms with Crippen LogP contribution < -0.4 is 14.5 Å². The maximum atomic E-state index is 13.4. The Morgan fingerprint density at radius 2 is 1.70 bits per heavy atom. The van der Waals surface area contributed by atoms with E-state index in [0.29, 0.717) is 15.6 Å². The maximum Gasteiger partial charge on any atom is 0.264 e. The summed E-state index contributed by atoms with van der Waals surface area (Å²) in [7, 11) is -2.75. The van der Waals surface area contributed by atoms with Gasteiger partial charge in [0.15, 0.2) is 0 Å². The predicted octanol–water partition coefficient (Wildman–Crippen LogP) is 5.00. The summed E-state index contributed by atoms with van der Waals surface area (Å²) in [5, 5.41) is 4.94. The Bertz CT molecular complexity index is 1290. The molecule has 0 unspecified atom stereocenters. The largest absolute Gasteiger partial charge is 0.495 e. The monoisotopic (exact) mass is 525 g/mol. The van der Waals surface area contributed by atoms with Crippen LogP contribution in [0.1, 0.15) is 5.56 Å². The van der Waals surface area contributed by atoms with Crippen LogP contribution in [0.25, 0.3) is 0 Å². The molecule has 0 aliphatic heterocycles. The number of carbonyl (C=O) groups excluding carboxylic acids is 1. The molecule has 3 aromatic carbocycles. The number of rotatable bonds is 8. The molecular weight excluding hydrogens is 509 g/mol. The quantitative estimate of drug-likeness (QED) is 0.330. The van der Waals surface area contributed by atoms with Crippen molar-refractivity contribution in [2.45, 2.75) is 4.90 Å². The predicted molar refractivity (Wildman–Crippen MR) is 131 cm³/mol. The van der Waals surface area contributed by atoms with E-state index in [1.165, 1.54) is 43.7 Å². The van der Waals surface area contributed by atoms with E-state index in [2.05, 4.69) is 10.5 Å². The molecule has 0 spiro atoms. The van der Waals surface area contributed by atoms with E-state index in [9.17, 15) is 13.2 Å². The lowest BCUT2D eigenvalue weighted by Gasteiger charge is -2.25. The Labute approximate surface area is 206 Å². The number of ether oxygens (including phenoxy) is 1. The van der Waals surface area contributed by atoms with Gasteiger partial charge in [0.1, 0.15) is 12.3 Å². The van der Waals surface area contributed by atoms with E-state index in [-0.39, 0.29) is 21.4 Å². The molecule has 1 amide bonds. The number of hydrogen-bond donors (Lipinski definition) is 1. The summed E-state index contributed by atoms with van der Waals surface area (Å²) < 4.78 is 33.0. The second-order valence-electron chi connectivity index (χ2n) is 6.60. The third-order valence-corrected chi connectivity index (χ3v) is 6.95. The molecule has 0 heterocycles. The third kappa shape index (κ3) is 6.17. The second-order valence-corrected chi connectivity index (χ2v) is 9.74. The van der Waals surface area contributed by atoms with Crippen LogP contribution in [0.4, 0.5) is 5.69 Å². The van der Waals surface area contributed by atoms with Crippen molar-refractivity contribution in [2.75, 3.05) is 18.0 Å². The highest BCUT2D eigenvalue weighted by Crippen LogP contribution is 2.34. The first-order valence-corrected chi connectivity index (χ1v) is 12.0. The average Bonchev–Trinajstić information content (AvgIpc) is 2.79. The number of amides is 1. The van der Waals surface area contributed by atoms with Crippen LogP contribution in [0.3, 0.4) is 0 Å². The van der Waals surface area contributed by atoms with E-state index >= 15 is 0 Å². The van der Waals surface area contributed by atoms with Gasteiger partial charge < -0.3 is 4.74 Å². The Balaban J connectivity index is 1.91. The minimum Gasteiger partial charge on any atom is -0.495 e. The van der Waals surface area contributed by atoms with Gasteiger partial charge in [-0.25, -0.2) is 13.8 Å². The summed E-state index contributed by atoms with van der Waals surface area (Å²) in [6, 6.07) is 17.0. The van der Waals surface area contributed by atoms with Crippen molar-refractivity contribution in [3.63, 3.8) is 0 Å². The Hall–Kier alpha value is -2.78. The zero-order chi connectivity index (χ0) is 24.0. The van der Waals surface area contributed by atoms with Crippen molar-refractivity contribution in [3.8, 4) is 5.75 Å². The van der Waals surface area contributed by atoms with E-state index in [1.807, 2.05) is 0 Å². The van der Waals surface area contributed by atoms with E-state index < -0.39 is 22.5 Å². The van der Waals surface area contributed by atoms with Crippen LogP contribution in [-0.4, -0.2) is 34.2 Å². The molecule has 3 rings (SSSR count). The Morgan fingerprint density at radius 1 is 1.03 bits per heavy atom. The smallest absolute Gasteiger partial charge is 0.264 e. The van der Waals surface area contributed by atoms with E-state index in [1.54, 1.807) is 36.4 Å². The fourth-order valence-electron chi connectivity index (χ4n) is 2.82. The molecule has 0 atom stereocenters. The number of methoxy groups -OCH3 is 1. The van der Waals surface area contributed by atoms with Gasteiger partial charge in [0.05, 0.1) is 28.9 Å². The van der Waals surface area contributed by atoms with Crippen molar-refractivity contribution >= 4 is 62.6 Å². The molecule has 33 heavy (non-hydrogen) atoms. The molecule has 0 saturated carbocycles. The molecule has 7 nitrogen and oxygen atoms in total. The van der Waals surface area contributed by atoms with Gasteiger partial charge in [0.25, 0.3) is 15.9 Å². The molecule has 11 heteroatoms. The molecule has 0 saturated heterocycles. The number of nitrogens with zero attached hydrogens (tertiary/aromatic N) is 2. The van der Waals surface area contributed by atoms with E-state index in [0.717, 1.165) is 4.31 Å². The molecule has 0 bridgehead atoms. The molecule has 1 N–H and O–H groups in total. The molecule has 0 aliphatic rings. The molecule has 0 radical (unpaired) electrons. The first-order chi connectivity index (χ1) is 15.7. The zero-order valence-corrected chi connectivity index (χ0v) is 20.3. The molecule has 0 aromatic heterocycles. The van der Waals surface area contributed by atoms with Crippen LogP contribution >= 0.6 is 34.8 Å². The summed E-state index contributed by atoms with van der Waals surface area (Å²) in [6.45, 7) is -0.584. The molecule has 0 aliphatic carbocycles. The van der Waals surface area contributed by atoms with Gasteiger partial charge in [-0.15, -0.1) is 0 Å². The van der Waals surface area contributed by atoms with Gasteiger partial charge in [0, 0.05) is 15.6 Å². The molecule has 172 valence electrons. The topological polar surface area (TPSA) is 88.1 Å². The highest BCUT2D eigenvalue weighted by Gasteiger charge is 2.29. The summed E-state index contributed by atoms with van der Waals surface area (Å²) >= 11 is 18.1. The highest BCUT2D eigenvalue weighted by atomic mass is 35.5. The lowest BCUT2D eigenvalue weighted by molar-refractivity contribution is -0.119. The summed E-state index contributed by atoms with van der Waals surface area (Å²) in [5.41, 5.74) is 2.93. The van der Waals surface area contributed by atoms with Crippen LogP contribution in [0, 0.1) is 0 Å². The van der Waals surface area contributed by atoms with Gasteiger partial charge in [-0.1, -0.05) is 59.1 Å². The Morgan fingerprint density at radius 3 is 2.36 bits per heavy atom. The summed E-state index contributed by atoms with van der Waals surface area (Å²) in [5.74, 6) is -0.471. The normalized spacial score (nSPS) is 11.4. The lowest BCUT2D eigenvalue weighted by Crippen LogP contribution is -2.39. The van der Waals surface area contributed by atoms with Gasteiger partial charge >= 0.3 is 0 Å². The number of hydrazone groups is 1. The van der Waals surface area contributed by atoms with Crippen LogP contribution in [-0.2, 0) is 14.8 Å². The van der Waals surface area contributed by atoms with Crippen LogP contribution in [0.5, 0.6) is 5.75 Å². The minimum absolute atomic E-state index is 0.00345. The van der Waals surface area contributed by atoms with Gasteiger partial charge in [-0.3, -0.25) is 9.10 Å². The standard InChI is InChI=1S/C22H18Cl3N3O4S/c1-32-21-10-9-17(24)12-20(21)28(33(30,31)18-5-3-2-4-6-18)14-22(29)27-26-13-15-7-8-16(23)11-19(15)25/h2-13H,14H2,1H3,(H,27,29)/b26-13-. The first kappa shape index (κ1) is 24.9. The van der Waals surface area contributed by atoms with Gasteiger partial charge in [-0.05, 0) is 42.5 Å². The lowest BCUT2D eigenvalue weighted by atomic mass is 10.2. The number of nitrogens with one attached hydrogen (secondary N) is 1. The third-order valence-electron chi connectivity index (χ3n) is 4.38. The Kier molecular flexibility index (Phi) is 8.20. The van der Waals surface area contributed by atoms with Crippen molar-refractivity contribution in [1.82, 2.24) is 5.43 Å². The van der Waals surface area contributed by atoms with Crippen molar-refractivity contribution in [2.24, 2.45) is 5.10 Å². The molecule has 0 fully saturated rings. The minimum atomic E-state index is -4.14. The maximum absolute atomic E-state index is 13.4. The van der Waals surface area contributed by atoms with Gasteiger partial charge in [-0.2, -0.15) is 5.10 Å². The molecular formula is C22H18Cl3N3O4S. The fraction of sp³-hybridized carbons (Fsp3) is 0.0909. The number of sulfonamides is 1. The number of benzene rings is 3. The van der Waals surface area contributed by atoms with E-state index in [4.69, 9.17) is 39.5 Å².